The van der Waals surface area contributed by atoms with Crippen molar-refractivity contribution >= 4 is 11.6 Å². The van der Waals surface area contributed by atoms with Crippen molar-refractivity contribution in [2.45, 2.75) is 19.4 Å². The summed E-state index contributed by atoms with van der Waals surface area (Å²) in [4.78, 5) is 14.3. The van der Waals surface area contributed by atoms with Gasteiger partial charge in [0.05, 0.1) is 5.56 Å². The lowest BCUT2D eigenvalue weighted by Gasteiger charge is -2.32. The maximum absolute atomic E-state index is 14.0. The lowest BCUT2D eigenvalue weighted by atomic mass is 9.96. The van der Waals surface area contributed by atoms with Gasteiger partial charge < -0.3 is 10.6 Å². The van der Waals surface area contributed by atoms with Crippen molar-refractivity contribution < 1.29 is 9.18 Å². The SMILES string of the molecule is Cc1ccc(C(=O)N2CCC(N)c3ccccc32)c(F)c1. The molecule has 0 aromatic heterocycles. The number of nitrogens with zero attached hydrogens (tertiary/aromatic N) is 1. The molecule has 0 fully saturated rings. The number of hydrogen-bond donors (Lipinski definition) is 1. The molecule has 2 aromatic carbocycles. The van der Waals surface area contributed by atoms with Crippen LogP contribution in [0.25, 0.3) is 0 Å². The minimum absolute atomic E-state index is 0.0758. The summed E-state index contributed by atoms with van der Waals surface area (Å²) < 4.78 is 14.0. The fraction of sp³-hybridized carbons (Fsp3) is 0.235. The summed E-state index contributed by atoms with van der Waals surface area (Å²) in [5.41, 5.74) is 8.70. The average Bonchev–Trinajstić information content (AvgIpc) is 2.47. The third-order valence-electron chi connectivity index (χ3n) is 3.89. The van der Waals surface area contributed by atoms with E-state index in [0.717, 1.165) is 16.8 Å². The van der Waals surface area contributed by atoms with Gasteiger partial charge in [0.1, 0.15) is 5.82 Å². The summed E-state index contributed by atoms with van der Waals surface area (Å²) in [5.74, 6) is -0.792. The van der Waals surface area contributed by atoms with Gasteiger partial charge in [0, 0.05) is 18.3 Å². The van der Waals surface area contributed by atoms with Gasteiger partial charge in [-0.3, -0.25) is 4.79 Å². The van der Waals surface area contributed by atoms with Gasteiger partial charge in [-0.1, -0.05) is 24.3 Å². The van der Waals surface area contributed by atoms with Gasteiger partial charge in [-0.2, -0.15) is 0 Å². The summed E-state index contributed by atoms with van der Waals surface area (Å²) in [7, 11) is 0. The molecule has 0 bridgehead atoms. The molecule has 1 aliphatic heterocycles. The van der Waals surface area contributed by atoms with E-state index in [0.29, 0.717) is 13.0 Å². The van der Waals surface area contributed by atoms with Gasteiger partial charge in [-0.15, -0.1) is 0 Å². The molecular weight excluding hydrogens is 267 g/mol. The Labute approximate surface area is 123 Å². The Morgan fingerprint density at radius 2 is 2.05 bits per heavy atom. The number of fused-ring (bicyclic) bond motifs is 1. The molecule has 3 nitrogen and oxygen atoms in total. The maximum atomic E-state index is 14.0. The summed E-state index contributed by atoms with van der Waals surface area (Å²) in [6.07, 6.45) is 0.677. The molecule has 21 heavy (non-hydrogen) atoms. The Morgan fingerprint density at radius 1 is 1.29 bits per heavy atom. The molecule has 1 unspecified atom stereocenters. The highest BCUT2D eigenvalue weighted by Gasteiger charge is 2.28. The third-order valence-corrected chi connectivity index (χ3v) is 3.89. The van der Waals surface area contributed by atoms with E-state index in [1.165, 1.54) is 6.07 Å². The van der Waals surface area contributed by atoms with Crippen LogP contribution in [-0.2, 0) is 0 Å². The second-order valence-electron chi connectivity index (χ2n) is 5.39. The van der Waals surface area contributed by atoms with Crippen LogP contribution in [0.4, 0.5) is 10.1 Å². The topological polar surface area (TPSA) is 46.3 Å². The first kappa shape index (κ1) is 13.8. The van der Waals surface area contributed by atoms with E-state index in [9.17, 15) is 9.18 Å². The second-order valence-corrected chi connectivity index (χ2v) is 5.39. The highest BCUT2D eigenvalue weighted by Crippen LogP contribution is 2.33. The molecule has 0 saturated heterocycles. The lowest BCUT2D eigenvalue weighted by Crippen LogP contribution is -2.38. The van der Waals surface area contributed by atoms with Crippen LogP contribution in [0.15, 0.2) is 42.5 Å². The highest BCUT2D eigenvalue weighted by atomic mass is 19.1. The number of hydrogen-bond acceptors (Lipinski definition) is 2. The monoisotopic (exact) mass is 284 g/mol. The summed E-state index contributed by atoms with van der Waals surface area (Å²) in [6, 6.07) is 12.1. The van der Waals surface area contributed by atoms with Crippen LogP contribution >= 0.6 is 0 Å². The number of rotatable bonds is 1. The quantitative estimate of drug-likeness (QED) is 0.874. The molecule has 1 amide bonds. The molecule has 2 N–H and O–H groups in total. The zero-order valence-electron chi connectivity index (χ0n) is 11.8. The first-order chi connectivity index (χ1) is 10.1. The number of carbonyl (C=O) groups is 1. The number of nitrogens with two attached hydrogens (primary N) is 1. The van der Waals surface area contributed by atoms with E-state index >= 15 is 0 Å². The van der Waals surface area contributed by atoms with Crippen LogP contribution in [-0.4, -0.2) is 12.5 Å². The van der Waals surface area contributed by atoms with Crippen molar-refractivity contribution in [3.63, 3.8) is 0 Å². The van der Waals surface area contributed by atoms with Crippen LogP contribution < -0.4 is 10.6 Å². The van der Waals surface area contributed by atoms with Crippen molar-refractivity contribution in [1.82, 2.24) is 0 Å². The standard InChI is InChI=1S/C17H17FN2O/c1-11-6-7-12(14(18)10-11)17(21)20-9-8-15(19)13-4-2-3-5-16(13)20/h2-7,10,15H,8-9,19H2,1H3. The Morgan fingerprint density at radius 3 is 2.81 bits per heavy atom. The zero-order chi connectivity index (χ0) is 15.0. The van der Waals surface area contributed by atoms with E-state index in [1.54, 1.807) is 24.0 Å². The Bertz CT molecular complexity index is 699. The predicted molar refractivity (Wildman–Crippen MR) is 80.8 cm³/mol. The molecule has 1 heterocycles. The number of amides is 1. The minimum Gasteiger partial charge on any atom is -0.324 e. The molecule has 0 aliphatic carbocycles. The molecule has 108 valence electrons. The Kier molecular flexibility index (Phi) is 3.47. The van der Waals surface area contributed by atoms with E-state index in [-0.39, 0.29) is 17.5 Å². The van der Waals surface area contributed by atoms with Crippen LogP contribution in [0.3, 0.4) is 0 Å². The minimum atomic E-state index is -0.479. The van der Waals surface area contributed by atoms with E-state index in [4.69, 9.17) is 5.73 Å². The predicted octanol–water partition coefficient (Wildman–Crippen LogP) is 3.18. The zero-order valence-corrected chi connectivity index (χ0v) is 11.8. The average molecular weight is 284 g/mol. The fourth-order valence-electron chi connectivity index (χ4n) is 2.74. The van der Waals surface area contributed by atoms with Gasteiger partial charge in [-0.05, 0) is 42.7 Å². The van der Waals surface area contributed by atoms with Crippen LogP contribution in [0.2, 0.25) is 0 Å². The summed E-state index contributed by atoms with van der Waals surface area (Å²) >= 11 is 0. The summed E-state index contributed by atoms with van der Waals surface area (Å²) in [5, 5.41) is 0. The molecule has 0 radical (unpaired) electrons. The normalized spacial score (nSPS) is 17.5. The van der Waals surface area contributed by atoms with E-state index in [2.05, 4.69) is 0 Å². The molecule has 1 aliphatic rings. The number of carbonyl (C=O) groups excluding carboxylic acids is 1. The molecule has 1 atom stereocenters. The van der Waals surface area contributed by atoms with E-state index < -0.39 is 5.82 Å². The Balaban J connectivity index is 2.01. The molecule has 0 spiro atoms. The van der Waals surface area contributed by atoms with E-state index in [1.807, 2.05) is 24.3 Å². The first-order valence-electron chi connectivity index (χ1n) is 7.00. The van der Waals surface area contributed by atoms with Gasteiger partial charge in [0.25, 0.3) is 5.91 Å². The smallest absolute Gasteiger partial charge is 0.261 e. The van der Waals surface area contributed by atoms with Gasteiger partial charge >= 0.3 is 0 Å². The van der Waals surface area contributed by atoms with Gasteiger partial charge in [-0.25, -0.2) is 4.39 Å². The maximum Gasteiger partial charge on any atom is 0.261 e. The Hall–Kier alpha value is -2.20. The number of para-hydroxylation sites is 1. The van der Waals surface area contributed by atoms with Crippen molar-refractivity contribution in [3.8, 4) is 0 Å². The fourth-order valence-corrected chi connectivity index (χ4v) is 2.74. The molecule has 4 heteroatoms. The van der Waals surface area contributed by atoms with Gasteiger partial charge in [0.2, 0.25) is 0 Å². The second kappa shape index (κ2) is 5.30. The van der Waals surface area contributed by atoms with Crippen LogP contribution in [0, 0.1) is 12.7 Å². The van der Waals surface area contributed by atoms with Crippen molar-refractivity contribution in [2.75, 3.05) is 11.4 Å². The van der Waals surface area contributed by atoms with Crippen LogP contribution in [0.5, 0.6) is 0 Å². The van der Waals surface area contributed by atoms with Crippen LogP contribution in [0.1, 0.15) is 33.9 Å². The largest absolute Gasteiger partial charge is 0.324 e. The van der Waals surface area contributed by atoms with Crippen molar-refractivity contribution in [3.05, 3.63) is 65.0 Å². The van der Waals surface area contributed by atoms with Crippen molar-refractivity contribution in [1.29, 1.82) is 0 Å². The number of aryl methyl sites for hydroxylation is 1. The molecule has 2 aromatic rings. The van der Waals surface area contributed by atoms with Crippen molar-refractivity contribution in [2.24, 2.45) is 5.73 Å². The number of halogens is 1. The first-order valence-corrected chi connectivity index (χ1v) is 7.00. The lowest BCUT2D eigenvalue weighted by molar-refractivity contribution is 0.0980. The van der Waals surface area contributed by atoms with Gasteiger partial charge in [0.15, 0.2) is 0 Å². The summed E-state index contributed by atoms with van der Waals surface area (Å²) in [6.45, 7) is 2.30. The number of anilines is 1. The third kappa shape index (κ3) is 2.43. The molecular formula is C17H17FN2O. The number of benzene rings is 2. The molecule has 0 saturated carbocycles. The molecule has 3 rings (SSSR count). The highest BCUT2D eigenvalue weighted by molar-refractivity contribution is 6.07.